The van der Waals surface area contributed by atoms with Crippen molar-refractivity contribution in [3.8, 4) is 0 Å². The lowest BCUT2D eigenvalue weighted by atomic mass is 10.1. The van der Waals surface area contributed by atoms with Gasteiger partial charge in [0.25, 0.3) is 5.69 Å². The molecule has 104 valence electrons. The largest absolute Gasteiger partial charge is 0.325 e. The van der Waals surface area contributed by atoms with Gasteiger partial charge in [0, 0.05) is 17.3 Å². The number of nitro benzene ring substituents is 1. The van der Waals surface area contributed by atoms with E-state index in [2.05, 4.69) is 5.32 Å². The Labute approximate surface area is 115 Å². The summed E-state index contributed by atoms with van der Waals surface area (Å²) in [7, 11) is 0. The number of thioether (sulfide) groups is 1. The number of carbonyl (C=O) groups excluding carboxylic acids is 1. The van der Waals surface area contributed by atoms with Crippen molar-refractivity contribution < 1.29 is 9.72 Å². The quantitative estimate of drug-likeness (QED) is 0.614. The summed E-state index contributed by atoms with van der Waals surface area (Å²) in [6, 6.07) is 3.88. The average molecular weight is 283 g/mol. The van der Waals surface area contributed by atoms with Crippen LogP contribution in [-0.2, 0) is 4.79 Å². The van der Waals surface area contributed by atoms with Gasteiger partial charge in [-0.1, -0.05) is 0 Å². The first kappa shape index (κ1) is 15.5. The molecule has 1 aromatic carbocycles. The van der Waals surface area contributed by atoms with Gasteiger partial charge in [0.2, 0.25) is 5.91 Å². The standard InChI is InChI=1S/C12H17N3O3S/c1-8-7-9(3-4-11(8)15(17)18)14-12(16)10(13)5-6-19-2/h3-4,7,10H,5-6,13H2,1-2H3,(H,14,16)/t10-/m0/s1. The minimum absolute atomic E-state index is 0.0321. The summed E-state index contributed by atoms with van der Waals surface area (Å²) >= 11 is 1.63. The monoisotopic (exact) mass is 283 g/mol. The molecule has 1 atom stereocenters. The van der Waals surface area contributed by atoms with Gasteiger partial charge in [-0.3, -0.25) is 14.9 Å². The van der Waals surface area contributed by atoms with Crippen molar-refractivity contribution in [3.05, 3.63) is 33.9 Å². The number of amides is 1. The molecule has 0 aliphatic heterocycles. The smallest absolute Gasteiger partial charge is 0.272 e. The van der Waals surface area contributed by atoms with Crippen LogP contribution in [0, 0.1) is 17.0 Å². The summed E-state index contributed by atoms with van der Waals surface area (Å²) in [6.07, 6.45) is 2.54. The van der Waals surface area contributed by atoms with E-state index in [1.165, 1.54) is 12.1 Å². The molecule has 7 heteroatoms. The van der Waals surface area contributed by atoms with Gasteiger partial charge in [0.05, 0.1) is 11.0 Å². The number of carbonyl (C=O) groups is 1. The Bertz CT molecular complexity index is 479. The lowest BCUT2D eigenvalue weighted by molar-refractivity contribution is -0.385. The van der Waals surface area contributed by atoms with E-state index in [0.29, 0.717) is 17.7 Å². The molecule has 0 aromatic heterocycles. The van der Waals surface area contributed by atoms with E-state index < -0.39 is 11.0 Å². The van der Waals surface area contributed by atoms with Crippen LogP contribution in [0.25, 0.3) is 0 Å². The fraction of sp³-hybridized carbons (Fsp3) is 0.417. The van der Waals surface area contributed by atoms with E-state index in [9.17, 15) is 14.9 Å². The van der Waals surface area contributed by atoms with E-state index >= 15 is 0 Å². The van der Waals surface area contributed by atoms with E-state index in [0.717, 1.165) is 5.75 Å². The fourth-order valence-corrected chi connectivity index (χ4v) is 2.04. The number of nitrogens with one attached hydrogen (secondary N) is 1. The zero-order valence-corrected chi connectivity index (χ0v) is 11.7. The molecular weight excluding hydrogens is 266 g/mol. The second-order valence-corrected chi connectivity index (χ2v) is 5.12. The minimum atomic E-state index is -0.567. The van der Waals surface area contributed by atoms with Crippen molar-refractivity contribution in [2.75, 3.05) is 17.3 Å². The highest BCUT2D eigenvalue weighted by Crippen LogP contribution is 2.21. The highest BCUT2D eigenvalue weighted by Gasteiger charge is 2.15. The topological polar surface area (TPSA) is 98.3 Å². The first-order chi connectivity index (χ1) is 8.95. The number of aryl methyl sites for hydroxylation is 1. The molecule has 0 aliphatic carbocycles. The van der Waals surface area contributed by atoms with Gasteiger partial charge in [0.15, 0.2) is 0 Å². The molecule has 0 saturated carbocycles. The number of hydrogen-bond donors (Lipinski definition) is 2. The molecule has 0 radical (unpaired) electrons. The van der Waals surface area contributed by atoms with Gasteiger partial charge in [-0.05, 0) is 37.5 Å². The number of nitrogens with two attached hydrogens (primary N) is 1. The van der Waals surface area contributed by atoms with Crippen LogP contribution < -0.4 is 11.1 Å². The van der Waals surface area contributed by atoms with Crippen molar-refractivity contribution >= 4 is 29.0 Å². The predicted molar refractivity (Wildman–Crippen MR) is 77.4 cm³/mol. The van der Waals surface area contributed by atoms with Gasteiger partial charge in [-0.25, -0.2) is 0 Å². The summed E-state index contributed by atoms with van der Waals surface area (Å²) < 4.78 is 0. The Morgan fingerprint density at radius 1 is 1.58 bits per heavy atom. The number of anilines is 1. The highest BCUT2D eigenvalue weighted by atomic mass is 32.2. The Hall–Kier alpha value is -1.60. The molecule has 19 heavy (non-hydrogen) atoms. The molecule has 6 nitrogen and oxygen atoms in total. The van der Waals surface area contributed by atoms with Crippen molar-refractivity contribution in [2.24, 2.45) is 5.73 Å². The summed E-state index contributed by atoms with van der Waals surface area (Å²) in [5.41, 5.74) is 6.79. The molecule has 1 amide bonds. The van der Waals surface area contributed by atoms with E-state index in [4.69, 9.17) is 5.73 Å². The molecule has 0 unspecified atom stereocenters. The maximum atomic E-state index is 11.8. The SMILES string of the molecule is CSCC[C@H](N)C(=O)Nc1ccc([N+](=O)[O-])c(C)c1. The van der Waals surface area contributed by atoms with Crippen molar-refractivity contribution in [1.82, 2.24) is 0 Å². The maximum absolute atomic E-state index is 11.8. The molecule has 1 aromatic rings. The van der Waals surface area contributed by atoms with Crippen LogP contribution in [0.4, 0.5) is 11.4 Å². The van der Waals surface area contributed by atoms with Crippen LogP contribution in [0.15, 0.2) is 18.2 Å². The number of hydrogen-bond acceptors (Lipinski definition) is 5. The first-order valence-corrected chi connectivity index (χ1v) is 7.15. The third kappa shape index (κ3) is 4.53. The molecule has 0 heterocycles. The highest BCUT2D eigenvalue weighted by molar-refractivity contribution is 7.98. The number of benzene rings is 1. The molecular formula is C12H17N3O3S. The van der Waals surface area contributed by atoms with Crippen molar-refractivity contribution in [2.45, 2.75) is 19.4 Å². The fourth-order valence-electron chi connectivity index (χ4n) is 1.55. The maximum Gasteiger partial charge on any atom is 0.272 e. The Morgan fingerprint density at radius 3 is 2.79 bits per heavy atom. The molecule has 0 bridgehead atoms. The van der Waals surface area contributed by atoms with Gasteiger partial charge >= 0.3 is 0 Å². The average Bonchev–Trinajstić information content (AvgIpc) is 2.35. The number of nitro groups is 1. The molecule has 0 saturated heterocycles. The summed E-state index contributed by atoms with van der Waals surface area (Å²) in [5.74, 6) is 0.538. The third-order valence-electron chi connectivity index (χ3n) is 2.63. The predicted octanol–water partition coefficient (Wildman–Crippen LogP) is 1.92. The lowest BCUT2D eigenvalue weighted by Crippen LogP contribution is -2.36. The summed E-state index contributed by atoms with van der Waals surface area (Å²) in [6.45, 7) is 1.63. The van der Waals surface area contributed by atoms with Crippen LogP contribution in [0.5, 0.6) is 0 Å². The first-order valence-electron chi connectivity index (χ1n) is 5.76. The van der Waals surface area contributed by atoms with Gasteiger partial charge < -0.3 is 11.1 Å². The van der Waals surface area contributed by atoms with Gasteiger partial charge in [-0.2, -0.15) is 11.8 Å². The normalized spacial score (nSPS) is 11.9. The van der Waals surface area contributed by atoms with Gasteiger partial charge in [0.1, 0.15) is 0 Å². The lowest BCUT2D eigenvalue weighted by Gasteiger charge is -2.12. The third-order valence-corrected chi connectivity index (χ3v) is 3.27. The van der Waals surface area contributed by atoms with Crippen LogP contribution in [0.2, 0.25) is 0 Å². The zero-order chi connectivity index (χ0) is 14.4. The second kappa shape index (κ2) is 7.10. The molecule has 1 rings (SSSR count). The van der Waals surface area contributed by atoms with E-state index in [1.807, 2.05) is 6.26 Å². The summed E-state index contributed by atoms with van der Waals surface area (Å²) in [5, 5.41) is 13.3. The number of rotatable bonds is 6. The zero-order valence-electron chi connectivity index (χ0n) is 10.9. The summed E-state index contributed by atoms with van der Waals surface area (Å²) in [4.78, 5) is 22.0. The van der Waals surface area contributed by atoms with Gasteiger partial charge in [-0.15, -0.1) is 0 Å². The van der Waals surface area contributed by atoms with Crippen molar-refractivity contribution in [3.63, 3.8) is 0 Å². The Kier molecular flexibility index (Phi) is 5.78. The van der Waals surface area contributed by atoms with E-state index in [-0.39, 0.29) is 11.6 Å². The Morgan fingerprint density at radius 2 is 2.26 bits per heavy atom. The second-order valence-electron chi connectivity index (χ2n) is 4.14. The molecule has 0 aliphatic rings. The van der Waals surface area contributed by atoms with Crippen LogP contribution >= 0.6 is 11.8 Å². The van der Waals surface area contributed by atoms with Crippen molar-refractivity contribution in [1.29, 1.82) is 0 Å². The Balaban J connectivity index is 2.70. The number of nitrogens with zero attached hydrogens (tertiary/aromatic N) is 1. The van der Waals surface area contributed by atoms with Crippen LogP contribution in [-0.4, -0.2) is 28.9 Å². The van der Waals surface area contributed by atoms with Crippen LogP contribution in [0.3, 0.4) is 0 Å². The molecule has 0 fully saturated rings. The van der Waals surface area contributed by atoms with Crippen LogP contribution in [0.1, 0.15) is 12.0 Å². The molecule has 0 spiro atoms. The minimum Gasteiger partial charge on any atom is -0.325 e. The van der Waals surface area contributed by atoms with E-state index in [1.54, 1.807) is 24.8 Å². The molecule has 3 N–H and O–H groups in total.